The number of hydrogen-bond donors (Lipinski definition) is 2. The van der Waals surface area contributed by atoms with Crippen LogP contribution in [0.5, 0.6) is 0 Å². The normalized spacial score (nSPS) is 9.54. The summed E-state index contributed by atoms with van der Waals surface area (Å²) >= 11 is 0. The molecule has 0 aromatic carbocycles. The topological polar surface area (TPSA) is 119 Å². The lowest BCUT2D eigenvalue weighted by Crippen LogP contribution is -2.04. The van der Waals surface area contributed by atoms with Gasteiger partial charge in [0.05, 0.1) is 17.3 Å². The zero-order chi connectivity index (χ0) is 10.0. The third-order valence-corrected chi connectivity index (χ3v) is 1.34. The summed E-state index contributed by atoms with van der Waals surface area (Å²) in [5, 5.41) is 18.7. The molecule has 7 nitrogen and oxygen atoms in total. The Kier molecular flexibility index (Phi) is 2.09. The fraction of sp³-hybridized carbons (Fsp3) is 0. The van der Waals surface area contributed by atoms with Crippen molar-refractivity contribution in [2.24, 2.45) is 0 Å². The first-order valence-electron chi connectivity index (χ1n) is 3.15. The van der Waals surface area contributed by atoms with E-state index in [1.807, 2.05) is 0 Å². The average Bonchev–Trinajstić information content (AvgIpc) is 2.04. The predicted octanol–water partition coefficient (Wildman–Crippen LogP) is 0.270. The van der Waals surface area contributed by atoms with Crippen molar-refractivity contribution in [1.82, 2.24) is 4.98 Å². The minimum Gasteiger partial charge on any atom is -0.478 e. The Balaban J connectivity index is 3.27. The van der Waals surface area contributed by atoms with E-state index in [-0.39, 0.29) is 11.3 Å². The van der Waals surface area contributed by atoms with Crippen molar-refractivity contribution in [3.63, 3.8) is 0 Å². The summed E-state index contributed by atoms with van der Waals surface area (Å²) in [7, 11) is 0. The largest absolute Gasteiger partial charge is 0.478 e. The van der Waals surface area contributed by atoms with Gasteiger partial charge in [0.2, 0.25) is 0 Å². The predicted molar refractivity (Wildman–Crippen MR) is 42.3 cm³/mol. The highest BCUT2D eigenvalue weighted by molar-refractivity contribution is 5.93. The van der Waals surface area contributed by atoms with Crippen LogP contribution in [0.3, 0.4) is 0 Å². The molecule has 3 N–H and O–H groups in total. The monoisotopic (exact) mass is 183 g/mol. The number of aromatic nitrogens is 1. The minimum atomic E-state index is -1.32. The summed E-state index contributed by atoms with van der Waals surface area (Å²) < 4.78 is 0. The van der Waals surface area contributed by atoms with E-state index in [0.29, 0.717) is 0 Å². The zero-order valence-electron chi connectivity index (χ0n) is 6.30. The lowest BCUT2D eigenvalue weighted by atomic mass is 10.2. The first-order chi connectivity index (χ1) is 6.02. The lowest BCUT2D eigenvalue weighted by Gasteiger charge is -1.97. The highest BCUT2D eigenvalue weighted by Gasteiger charge is 2.15. The highest BCUT2D eigenvalue weighted by Crippen LogP contribution is 2.15. The third-order valence-electron chi connectivity index (χ3n) is 1.34. The van der Waals surface area contributed by atoms with Gasteiger partial charge in [0.1, 0.15) is 0 Å². The Morgan fingerprint density at radius 1 is 1.69 bits per heavy atom. The summed E-state index contributed by atoms with van der Waals surface area (Å²) in [6.45, 7) is 0. The second kappa shape index (κ2) is 3.05. The van der Waals surface area contributed by atoms with Crippen molar-refractivity contribution in [2.45, 2.75) is 0 Å². The first-order valence-corrected chi connectivity index (χ1v) is 3.15. The van der Waals surface area contributed by atoms with Crippen molar-refractivity contribution in [2.75, 3.05) is 5.73 Å². The number of carboxylic acids is 1. The molecule has 1 heterocycles. The maximum atomic E-state index is 10.5. The van der Waals surface area contributed by atoms with Crippen molar-refractivity contribution in [3.05, 3.63) is 27.9 Å². The van der Waals surface area contributed by atoms with E-state index in [0.717, 1.165) is 12.3 Å². The number of nitrogens with two attached hydrogens (primary N) is 1. The molecule has 0 bridgehead atoms. The smallest absolute Gasteiger partial charge is 0.364 e. The van der Waals surface area contributed by atoms with Crippen molar-refractivity contribution >= 4 is 17.5 Å². The number of nitrogens with zero attached hydrogens (tertiary/aromatic N) is 2. The summed E-state index contributed by atoms with van der Waals surface area (Å²) in [4.78, 5) is 23.2. The summed E-state index contributed by atoms with van der Waals surface area (Å²) in [5.74, 6) is -1.85. The number of carboxylic acid groups (broad SMARTS) is 1. The molecular formula is C6H5N3O4. The van der Waals surface area contributed by atoms with Gasteiger partial charge in [-0.2, -0.15) is 0 Å². The van der Waals surface area contributed by atoms with Crippen molar-refractivity contribution < 1.29 is 14.8 Å². The van der Waals surface area contributed by atoms with Crippen LogP contribution in [0.1, 0.15) is 10.4 Å². The van der Waals surface area contributed by atoms with Gasteiger partial charge in [0, 0.05) is 0 Å². The Hall–Kier alpha value is -2.18. The summed E-state index contributed by atoms with van der Waals surface area (Å²) in [6, 6.07) is 0.817. The Morgan fingerprint density at radius 3 is 2.77 bits per heavy atom. The van der Waals surface area contributed by atoms with Crippen LogP contribution in [0, 0.1) is 10.1 Å². The Morgan fingerprint density at radius 2 is 2.31 bits per heavy atom. The van der Waals surface area contributed by atoms with E-state index in [2.05, 4.69) is 4.98 Å². The van der Waals surface area contributed by atoms with Crippen LogP contribution in [0.2, 0.25) is 0 Å². The second-order valence-electron chi connectivity index (χ2n) is 2.19. The molecule has 1 rings (SSSR count). The zero-order valence-corrected chi connectivity index (χ0v) is 6.30. The van der Waals surface area contributed by atoms with Gasteiger partial charge in [-0.1, -0.05) is 0 Å². The van der Waals surface area contributed by atoms with Gasteiger partial charge < -0.3 is 21.0 Å². The maximum Gasteiger partial charge on any atom is 0.364 e. The number of hydrogen-bond acceptors (Lipinski definition) is 5. The molecule has 1 aromatic heterocycles. The van der Waals surface area contributed by atoms with Crippen LogP contribution < -0.4 is 5.73 Å². The van der Waals surface area contributed by atoms with Crippen LogP contribution in [0.15, 0.2) is 12.3 Å². The van der Waals surface area contributed by atoms with Crippen LogP contribution in [-0.4, -0.2) is 21.0 Å². The Bertz CT molecular complexity index is 376. The molecule has 68 valence electrons. The van der Waals surface area contributed by atoms with E-state index < -0.39 is 16.7 Å². The molecule has 0 fully saturated rings. The van der Waals surface area contributed by atoms with Gasteiger partial charge in [-0.3, -0.25) is 0 Å². The molecule has 7 heteroatoms. The fourth-order valence-corrected chi connectivity index (χ4v) is 0.740. The quantitative estimate of drug-likeness (QED) is 0.501. The molecule has 0 atom stereocenters. The van der Waals surface area contributed by atoms with Gasteiger partial charge in [0.15, 0.2) is 6.20 Å². The van der Waals surface area contributed by atoms with Gasteiger partial charge in [-0.15, -0.1) is 0 Å². The minimum absolute atomic E-state index is 0.0990. The standard InChI is InChI=1S/C6H5N3O4/c7-4-2-8-5(9(12)13)1-3(4)6(10)11/h1-2H,7H2,(H,10,11). The summed E-state index contributed by atoms with van der Waals surface area (Å²) in [6.07, 6.45) is 0.946. The van der Waals surface area contributed by atoms with E-state index in [4.69, 9.17) is 10.8 Å². The number of rotatable bonds is 2. The molecule has 0 unspecified atom stereocenters. The SMILES string of the molecule is Nc1cnc([N+](=O)[O-])cc1C(=O)O. The molecule has 13 heavy (non-hydrogen) atoms. The highest BCUT2D eigenvalue weighted by atomic mass is 16.6. The molecule has 1 aromatic rings. The molecule has 0 aliphatic heterocycles. The van der Waals surface area contributed by atoms with Gasteiger partial charge in [0.25, 0.3) is 0 Å². The molecule has 0 radical (unpaired) electrons. The number of aromatic carboxylic acids is 1. The van der Waals surface area contributed by atoms with Crippen LogP contribution in [0.4, 0.5) is 11.5 Å². The third kappa shape index (κ3) is 1.70. The van der Waals surface area contributed by atoms with Crippen LogP contribution >= 0.6 is 0 Å². The van der Waals surface area contributed by atoms with Gasteiger partial charge >= 0.3 is 11.8 Å². The molecule has 0 saturated heterocycles. The Labute approximate surface area is 72.0 Å². The molecule has 0 saturated carbocycles. The summed E-state index contributed by atoms with van der Waals surface area (Å²) in [5.41, 5.74) is 4.81. The van der Waals surface area contributed by atoms with E-state index in [1.165, 1.54) is 0 Å². The average molecular weight is 183 g/mol. The fourth-order valence-electron chi connectivity index (χ4n) is 0.740. The van der Waals surface area contributed by atoms with E-state index >= 15 is 0 Å². The number of nitrogen functional groups attached to an aromatic ring is 1. The molecule has 0 aliphatic carbocycles. The molecule has 0 amide bonds. The first kappa shape index (κ1) is 8.91. The van der Waals surface area contributed by atoms with E-state index in [9.17, 15) is 14.9 Å². The number of carbonyl (C=O) groups is 1. The molecular weight excluding hydrogens is 178 g/mol. The maximum absolute atomic E-state index is 10.5. The van der Waals surface area contributed by atoms with Crippen LogP contribution in [0.25, 0.3) is 0 Å². The van der Waals surface area contributed by atoms with Gasteiger partial charge in [-0.05, 0) is 9.91 Å². The number of nitro groups is 1. The van der Waals surface area contributed by atoms with Crippen molar-refractivity contribution in [1.29, 1.82) is 0 Å². The number of anilines is 1. The van der Waals surface area contributed by atoms with Gasteiger partial charge in [-0.25, -0.2) is 4.79 Å². The second-order valence-corrected chi connectivity index (χ2v) is 2.19. The number of pyridine rings is 1. The van der Waals surface area contributed by atoms with E-state index in [1.54, 1.807) is 0 Å². The molecule has 0 aliphatic rings. The molecule has 0 spiro atoms. The van der Waals surface area contributed by atoms with Crippen molar-refractivity contribution in [3.8, 4) is 0 Å². The lowest BCUT2D eigenvalue weighted by molar-refractivity contribution is -0.389. The van der Waals surface area contributed by atoms with Crippen LogP contribution in [-0.2, 0) is 0 Å².